The zero-order valence-electron chi connectivity index (χ0n) is 11.9. The van der Waals surface area contributed by atoms with E-state index in [1.54, 1.807) is 17.5 Å². The SMILES string of the molecule is CC(C)(C#N)c1ccc(NC(=O)Cc2csc(N)n2)cc1. The maximum absolute atomic E-state index is 11.9. The molecule has 5 nitrogen and oxygen atoms in total. The molecule has 0 bridgehead atoms. The van der Waals surface area contributed by atoms with Gasteiger partial charge in [-0.15, -0.1) is 11.3 Å². The zero-order chi connectivity index (χ0) is 15.5. The van der Waals surface area contributed by atoms with Gasteiger partial charge >= 0.3 is 0 Å². The van der Waals surface area contributed by atoms with Crippen molar-refractivity contribution in [2.75, 3.05) is 11.1 Å². The van der Waals surface area contributed by atoms with Gasteiger partial charge in [0.05, 0.1) is 23.6 Å². The lowest BCUT2D eigenvalue weighted by atomic mass is 9.86. The fourth-order valence-electron chi connectivity index (χ4n) is 1.81. The number of nitriles is 1. The van der Waals surface area contributed by atoms with Gasteiger partial charge in [-0.2, -0.15) is 5.26 Å². The van der Waals surface area contributed by atoms with Crippen LogP contribution in [-0.4, -0.2) is 10.9 Å². The maximum atomic E-state index is 11.9. The largest absolute Gasteiger partial charge is 0.375 e. The van der Waals surface area contributed by atoms with Gasteiger partial charge in [-0.3, -0.25) is 4.79 Å². The van der Waals surface area contributed by atoms with Gasteiger partial charge in [0.2, 0.25) is 5.91 Å². The molecule has 108 valence electrons. The summed E-state index contributed by atoms with van der Waals surface area (Å²) >= 11 is 1.32. The highest BCUT2D eigenvalue weighted by molar-refractivity contribution is 7.13. The van der Waals surface area contributed by atoms with Crippen LogP contribution in [0.2, 0.25) is 0 Å². The van der Waals surface area contributed by atoms with Crippen LogP contribution >= 0.6 is 11.3 Å². The van der Waals surface area contributed by atoms with Gasteiger partial charge in [0.1, 0.15) is 0 Å². The molecule has 1 amide bonds. The number of nitrogens with zero attached hydrogens (tertiary/aromatic N) is 2. The first-order valence-electron chi connectivity index (χ1n) is 6.42. The Morgan fingerprint density at radius 1 is 1.43 bits per heavy atom. The molecule has 0 aliphatic carbocycles. The van der Waals surface area contributed by atoms with E-state index in [0.717, 1.165) is 5.56 Å². The molecule has 0 unspecified atom stereocenters. The molecular weight excluding hydrogens is 284 g/mol. The first kappa shape index (κ1) is 15.0. The summed E-state index contributed by atoms with van der Waals surface area (Å²) in [6.07, 6.45) is 0.194. The van der Waals surface area contributed by atoms with Crippen molar-refractivity contribution >= 4 is 28.1 Å². The molecule has 0 aliphatic heterocycles. The average Bonchev–Trinajstić information content (AvgIpc) is 2.84. The Labute approximate surface area is 127 Å². The summed E-state index contributed by atoms with van der Waals surface area (Å²) in [6, 6.07) is 9.53. The number of benzene rings is 1. The predicted octanol–water partition coefficient (Wildman–Crippen LogP) is 2.71. The fourth-order valence-corrected chi connectivity index (χ4v) is 2.37. The highest BCUT2D eigenvalue weighted by Crippen LogP contribution is 2.23. The Bertz CT molecular complexity index is 682. The highest BCUT2D eigenvalue weighted by Gasteiger charge is 2.19. The highest BCUT2D eigenvalue weighted by atomic mass is 32.1. The van der Waals surface area contributed by atoms with Crippen molar-refractivity contribution in [3.8, 4) is 6.07 Å². The summed E-state index contributed by atoms with van der Waals surface area (Å²) in [5.74, 6) is -0.146. The first-order valence-corrected chi connectivity index (χ1v) is 7.30. The molecule has 0 spiro atoms. The van der Waals surface area contributed by atoms with Gasteiger partial charge in [-0.05, 0) is 31.5 Å². The zero-order valence-corrected chi connectivity index (χ0v) is 12.7. The third-order valence-electron chi connectivity index (χ3n) is 3.08. The molecule has 0 fully saturated rings. The van der Waals surface area contributed by atoms with Gasteiger partial charge in [0.15, 0.2) is 5.13 Å². The van der Waals surface area contributed by atoms with E-state index >= 15 is 0 Å². The van der Waals surface area contributed by atoms with Crippen molar-refractivity contribution < 1.29 is 4.79 Å². The standard InChI is InChI=1S/C15H16N4OS/c1-15(2,9-16)10-3-5-11(6-4-10)18-13(20)7-12-8-21-14(17)19-12/h3-6,8H,7H2,1-2H3,(H2,17,19)(H,18,20). The van der Waals surface area contributed by atoms with Crippen molar-refractivity contribution in [1.82, 2.24) is 4.98 Å². The number of hydrogen-bond acceptors (Lipinski definition) is 5. The summed E-state index contributed by atoms with van der Waals surface area (Å²) in [4.78, 5) is 15.9. The van der Waals surface area contributed by atoms with Crippen LogP contribution in [0.1, 0.15) is 25.1 Å². The van der Waals surface area contributed by atoms with Crippen LogP contribution in [0.5, 0.6) is 0 Å². The number of thiazole rings is 1. The number of nitrogens with two attached hydrogens (primary N) is 1. The van der Waals surface area contributed by atoms with Crippen molar-refractivity contribution in [3.63, 3.8) is 0 Å². The second-order valence-corrected chi connectivity index (χ2v) is 6.11. The Balaban J connectivity index is 2.00. The molecule has 0 saturated carbocycles. The van der Waals surface area contributed by atoms with E-state index in [4.69, 9.17) is 11.0 Å². The number of rotatable bonds is 4. The van der Waals surface area contributed by atoms with Crippen LogP contribution in [0.3, 0.4) is 0 Å². The third-order valence-corrected chi connectivity index (χ3v) is 3.80. The van der Waals surface area contributed by atoms with E-state index in [2.05, 4.69) is 16.4 Å². The lowest BCUT2D eigenvalue weighted by molar-refractivity contribution is -0.115. The van der Waals surface area contributed by atoms with Crippen molar-refractivity contribution in [1.29, 1.82) is 5.26 Å². The number of amides is 1. The molecule has 2 rings (SSSR count). The van der Waals surface area contributed by atoms with Crippen molar-refractivity contribution in [2.45, 2.75) is 25.7 Å². The van der Waals surface area contributed by atoms with Crippen LogP contribution in [0.25, 0.3) is 0 Å². The van der Waals surface area contributed by atoms with Crippen LogP contribution in [-0.2, 0) is 16.6 Å². The minimum Gasteiger partial charge on any atom is -0.375 e. The smallest absolute Gasteiger partial charge is 0.230 e. The Hall–Kier alpha value is -2.39. The number of anilines is 2. The molecule has 1 aromatic carbocycles. The number of hydrogen-bond donors (Lipinski definition) is 2. The van der Waals surface area contributed by atoms with Gasteiger partial charge in [0, 0.05) is 11.1 Å². The topological polar surface area (TPSA) is 91.8 Å². The molecule has 6 heteroatoms. The summed E-state index contributed by atoms with van der Waals surface area (Å²) in [5, 5.41) is 14.1. The Kier molecular flexibility index (Phi) is 4.24. The molecule has 21 heavy (non-hydrogen) atoms. The van der Waals surface area contributed by atoms with E-state index in [0.29, 0.717) is 16.5 Å². The normalized spacial score (nSPS) is 10.9. The van der Waals surface area contributed by atoms with Gasteiger partial charge < -0.3 is 11.1 Å². The molecule has 0 saturated heterocycles. The average molecular weight is 300 g/mol. The molecule has 1 heterocycles. The second-order valence-electron chi connectivity index (χ2n) is 5.22. The molecule has 2 aromatic rings. The minimum atomic E-state index is -0.541. The summed E-state index contributed by atoms with van der Waals surface area (Å²) in [5.41, 5.74) is 7.26. The Morgan fingerprint density at radius 2 is 2.10 bits per heavy atom. The monoisotopic (exact) mass is 300 g/mol. The van der Waals surface area contributed by atoms with E-state index in [9.17, 15) is 4.79 Å². The van der Waals surface area contributed by atoms with Crippen LogP contribution in [0.15, 0.2) is 29.6 Å². The molecule has 1 aromatic heterocycles. The van der Waals surface area contributed by atoms with E-state index < -0.39 is 5.41 Å². The van der Waals surface area contributed by atoms with Crippen LogP contribution < -0.4 is 11.1 Å². The van der Waals surface area contributed by atoms with E-state index in [1.807, 2.05) is 26.0 Å². The van der Waals surface area contributed by atoms with Gasteiger partial charge in [-0.25, -0.2) is 4.98 Å². The number of nitrogen functional groups attached to an aromatic ring is 1. The molecule has 0 radical (unpaired) electrons. The van der Waals surface area contributed by atoms with Crippen molar-refractivity contribution in [2.24, 2.45) is 0 Å². The maximum Gasteiger partial charge on any atom is 0.230 e. The van der Waals surface area contributed by atoms with Crippen LogP contribution in [0.4, 0.5) is 10.8 Å². The van der Waals surface area contributed by atoms with Crippen LogP contribution in [0, 0.1) is 11.3 Å². The van der Waals surface area contributed by atoms with Gasteiger partial charge in [0.25, 0.3) is 0 Å². The van der Waals surface area contributed by atoms with Crippen molar-refractivity contribution in [3.05, 3.63) is 40.9 Å². The quantitative estimate of drug-likeness (QED) is 0.908. The summed E-state index contributed by atoms with van der Waals surface area (Å²) in [7, 11) is 0. The summed E-state index contributed by atoms with van der Waals surface area (Å²) in [6.45, 7) is 3.71. The third kappa shape index (κ3) is 3.80. The number of carbonyl (C=O) groups is 1. The molecular formula is C15H16N4OS. The number of aromatic nitrogens is 1. The Morgan fingerprint density at radius 3 is 2.62 bits per heavy atom. The molecule has 0 atom stereocenters. The molecule has 0 aliphatic rings. The minimum absolute atomic E-state index is 0.146. The summed E-state index contributed by atoms with van der Waals surface area (Å²) < 4.78 is 0. The van der Waals surface area contributed by atoms with E-state index in [1.165, 1.54) is 11.3 Å². The molecule has 3 N–H and O–H groups in total. The number of nitrogens with one attached hydrogen (secondary N) is 1. The second kappa shape index (κ2) is 5.94. The first-order chi connectivity index (χ1) is 9.90. The lowest BCUT2D eigenvalue weighted by Crippen LogP contribution is -2.16. The lowest BCUT2D eigenvalue weighted by Gasteiger charge is -2.16. The number of carbonyl (C=O) groups excluding carboxylic acids is 1. The fraction of sp³-hybridized carbons (Fsp3) is 0.267. The van der Waals surface area contributed by atoms with Gasteiger partial charge in [-0.1, -0.05) is 12.1 Å². The predicted molar refractivity (Wildman–Crippen MR) is 83.9 cm³/mol. The van der Waals surface area contributed by atoms with E-state index in [-0.39, 0.29) is 12.3 Å².